The maximum atomic E-state index is 12.1. The Bertz CT molecular complexity index is 786. The summed E-state index contributed by atoms with van der Waals surface area (Å²) in [5, 5.41) is 16.6. The summed E-state index contributed by atoms with van der Waals surface area (Å²) in [6, 6.07) is 5.13. The van der Waals surface area contributed by atoms with E-state index in [0.717, 1.165) is 0 Å². The van der Waals surface area contributed by atoms with Crippen LogP contribution in [-0.2, 0) is 4.79 Å². The first-order valence-electron chi connectivity index (χ1n) is 5.79. The van der Waals surface area contributed by atoms with Crippen LogP contribution in [0.4, 0.5) is 5.69 Å². The molecule has 0 aromatic carbocycles. The fourth-order valence-corrected chi connectivity index (χ4v) is 1.59. The lowest BCUT2D eigenvalue weighted by Crippen LogP contribution is -2.13. The average Bonchev–Trinajstić information content (AvgIpc) is 2.41. The van der Waals surface area contributed by atoms with Gasteiger partial charge in [-0.1, -0.05) is 6.07 Å². The number of ketones is 1. The van der Waals surface area contributed by atoms with Crippen molar-refractivity contribution in [1.29, 1.82) is 0 Å². The quantitative estimate of drug-likeness (QED) is 0.526. The maximum Gasteiger partial charge on any atom is 0.285 e. The standard InChI is InChI=1S/C13H12N4O3/c1-8(18)12(9(2)19)16-15-10-7-14-11-5-3-4-6-17(11)13(10)20/h3-7,18H,1-2H3/b12-8+,16-15?. The van der Waals surface area contributed by atoms with Gasteiger partial charge in [0.05, 0.1) is 6.20 Å². The van der Waals surface area contributed by atoms with Crippen LogP contribution < -0.4 is 5.56 Å². The number of pyridine rings is 1. The lowest BCUT2D eigenvalue weighted by Gasteiger charge is -2.00. The average molecular weight is 272 g/mol. The molecule has 0 unspecified atom stereocenters. The van der Waals surface area contributed by atoms with E-state index >= 15 is 0 Å². The molecular formula is C13H12N4O3. The van der Waals surface area contributed by atoms with Crippen LogP contribution in [0.5, 0.6) is 0 Å². The highest BCUT2D eigenvalue weighted by molar-refractivity contribution is 5.93. The zero-order valence-corrected chi connectivity index (χ0v) is 10.9. The number of aromatic nitrogens is 2. The lowest BCUT2D eigenvalue weighted by atomic mass is 10.3. The Morgan fingerprint density at radius 3 is 2.75 bits per heavy atom. The van der Waals surface area contributed by atoms with Crippen molar-refractivity contribution in [2.45, 2.75) is 13.8 Å². The topological polar surface area (TPSA) is 96.4 Å². The van der Waals surface area contributed by atoms with Gasteiger partial charge in [0.2, 0.25) is 0 Å². The number of aliphatic hydroxyl groups is 1. The van der Waals surface area contributed by atoms with Gasteiger partial charge < -0.3 is 5.11 Å². The second-order valence-electron chi connectivity index (χ2n) is 4.07. The molecular weight excluding hydrogens is 260 g/mol. The lowest BCUT2D eigenvalue weighted by molar-refractivity contribution is -0.113. The molecule has 0 aliphatic heterocycles. The van der Waals surface area contributed by atoms with Gasteiger partial charge in [-0.3, -0.25) is 14.0 Å². The number of Topliss-reactive ketones (excluding diaryl/α,β-unsaturated/α-hetero) is 1. The van der Waals surface area contributed by atoms with E-state index in [4.69, 9.17) is 0 Å². The van der Waals surface area contributed by atoms with Gasteiger partial charge in [-0.25, -0.2) is 4.98 Å². The summed E-state index contributed by atoms with van der Waals surface area (Å²) in [5.74, 6) is -0.697. The minimum atomic E-state index is -0.442. The summed E-state index contributed by atoms with van der Waals surface area (Å²) in [4.78, 5) is 27.4. The molecule has 0 aliphatic carbocycles. The van der Waals surface area contributed by atoms with E-state index in [1.54, 1.807) is 24.4 Å². The second kappa shape index (κ2) is 5.43. The summed E-state index contributed by atoms with van der Waals surface area (Å²) < 4.78 is 1.32. The van der Waals surface area contributed by atoms with Gasteiger partial charge in [-0.2, -0.15) is 0 Å². The largest absolute Gasteiger partial charge is 0.510 e. The van der Waals surface area contributed by atoms with E-state index in [9.17, 15) is 14.7 Å². The van der Waals surface area contributed by atoms with Gasteiger partial charge >= 0.3 is 0 Å². The number of fused-ring (bicyclic) bond motifs is 1. The molecule has 0 saturated heterocycles. The Morgan fingerprint density at radius 1 is 1.35 bits per heavy atom. The second-order valence-corrected chi connectivity index (χ2v) is 4.07. The molecule has 2 aromatic rings. The fourth-order valence-electron chi connectivity index (χ4n) is 1.59. The Labute approximate surface area is 113 Å². The Morgan fingerprint density at radius 2 is 2.10 bits per heavy atom. The van der Waals surface area contributed by atoms with Gasteiger partial charge in [-0.05, 0) is 19.1 Å². The molecule has 0 saturated carbocycles. The van der Waals surface area contributed by atoms with Crippen LogP contribution in [0.1, 0.15) is 13.8 Å². The molecule has 0 amide bonds. The van der Waals surface area contributed by atoms with Crippen LogP contribution in [0.15, 0.2) is 57.1 Å². The van der Waals surface area contributed by atoms with Crippen molar-refractivity contribution >= 4 is 17.1 Å². The summed E-state index contributed by atoms with van der Waals surface area (Å²) in [5.41, 5.74) is -0.133. The smallest absolute Gasteiger partial charge is 0.285 e. The number of azo groups is 1. The minimum absolute atomic E-state index is 0.0197. The highest BCUT2D eigenvalue weighted by Gasteiger charge is 2.08. The normalized spacial score (nSPS) is 12.7. The molecule has 7 nitrogen and oxygen atoms in total. The first kappa shape index (κ1) is 13.6. The van der Waals surface area contributed by atoms with Gasteiger partial charge in [0, 0.05) is 13.1 Å². The fraction of sp³-hybridized carbons (Fsp3) is 0.154. The number of hydrogen-bond donors (Lipinski definition) is 1. The molecule has 102 valence electrons. The number of carbonyl (C=O) groups excluding carboxylic acids is 1. The molecule has 7 heteroatoms. The first-order valence-corrected chi connectivity index (χ1v) is 5.79. The highest BCUT2D eigenvalue weighted by atomic mass is 16.3. The molecule has 2 heterocycles. The molecule has 0 fully saturated rings. The third kappa shape index (κ3) is 2.61. The van der Waals surface area contributed by atoms with Crippen molar-refractivity contribution in [1.82, 2.24) is 9.38 Å². The molecule has 20 heavy (non-hydrogen) atoms. The monoisotopic (exact) mass is 272 g/mol. The van der Waals surface area contributed by atoms with Crippen LogP contribution in [0.3, 0.4) is 0 Å². The first-order chi connectivity index (χ1) is 9.50. The number of aliphatic hydroxyl groups excluding tert-OH is 1. The Kier molecular flexibility index (Phi) is 3.69. The van der Waals surface area contributed by atoms with Crippen molar-refractivity contribution in [2.24, 2.45) is 10.2 Å². The zero-order chi connectivity index (χ0) is 14.7. The van der Waals surface area contributed by atoms with E-state index in [0.29, 0.717) is 5.65 Å². The summed E-state index contributed by atoms with van der Waals surface area (Å²) >= 11 is 0. The molecule has 0 spiro atoms. The molecule has 1 N–H and O–H groups in total. The Balaban J connectivity index is 2.50. The predicted molar refractivity (Wildman–Crippen MR) is 72.0 cm³/mol. The number of allylic oxidation sites excluding steroid dienone is 2. The highest BCUT2D eigenvalue weighted by Crippen LogP contribution is 2.11. The van der Waals surface area contributed by atoms with E-state index in [-0.39, 0.29) is 17.1 Å². The van der Waals surface area contributed by atoms with E-state index in [1.807, 2.05) is 0 Å². The number of hydrogen-bond acceptors (Lipinski definition) is 6. The van der Waals surface area contributed by atoms with Crippen molar-refractivity contribution in [3.63, 3.8) is 0 Å². The minimum Gasteiger partial charge on any atom is -0.510 e. The van der Waals surface area contributed by atoms with Crippen LogP contribution >= 0.6 is 0 Å². The number of nitrogens with zero attached hydrogens (tertiary/aromatic N) is 4. The van der Waals surface area contributed by atoms with Gasteiger partial charge in [0.25, 0.3) is 5.56 Å². The van der Waals surface area contributed by atoms with Gasteiger partial charge in [0.1, 0.15) is 11.4 Å². The Hall–Kier alpha value is -2.83. The van der Waals surface area contributed by atoms with Crippen LogP contribution in [0.2, 0.25) is 0 Å². The molecule has 0 atom stereocenters. The number of rotatable bonds is 3. The van der Waals surface area contributed by atoms with Crippen molar-refractivity contribution in [2.75, 3.05) is 0 Å². The molecule has 2 aromatic heterocycles. The van der Waals surface area contributed by atoms with Gasteiger partial charge in [0.15, 0.2) is 17.2 Å². The third-order valence-electron chi connectivity index (χ3n) is 2.53. The molecule has 0 aliphatic rings. The van der Waals surface area contributed by atoms with Crippen LogP contribution in [-0.4, -0.2) is 20.3 Å². The summed E-state index contributed by atoms with van der Waals surface area (Å²) in [6.45, 7) is 2.57. The third-order valence-corrected chi connectivity index (χ3v) is 2.53. The molecule has 0 radical (unpaired) electrons. The van der Waals surface area contributed by atoms with Crippen molar-refractivity contribution in [3.05, 3.63) is 52.4 Å². The summed E-state index contributed by atoms with van der Waals surface area (Å²) in [6.07, 6.45) is 2.83. The molecule has 0 bridgehead atoms. The molecule has 2 rings (SSSR count). The summed E-state index contributed by atoms with van der Waals surface area (Å²) in [7, 11) is 0. The van der Waals surface area contributed by atoms with Crippen LogP contribution in [0.25, 0.3) is 5.65 Å². The predicted octanol–water partition coefficient (Wildman–Crippen LogP) is 2.16. The van der Waals surface area contributed by atoms with Gasteiger partial charge in [-0.15, -0.1) is 10.2 Å². The van der Waals surface area contributed by atoms with E-state index in [2.05, 4.69) is 15.2 Å². The zero-order valence-electron chi connectivity index (χ0n) is 10.9. The van der Waals surface area contributed by atoms with Crippen LogP contribution in [0, 0.1) is 0 Å². The van der Waals surface area contributed by atoms with Crippen molar-refractivity contribution < 1.29 is 9.90 Å². The van der Waals surface area contributed by atoms with E-state index < -0.39 is 11.3 Å². The number of carbonyl (C=O) groups is 1. The van der Waals surface area contributed by atoms with E-state index in [1.165, 1.54) is 24.4 Å². The van der Waals surface area contributed by atoms with Crippen molar-refractivity contribution in [3.8, 4) is 0 Å². The maximum absolute atomic E-state index is 12.1. The SMILES string of the molecule is CC(=O)/C(N=Nc1cnc2ccccn2c1=O)=C(/C)O.